The normalized spacial score (nSPS) is 24.1. The van der Waals surface area contributed by atoms with E-state index < -0.39 is 40.9 Å². The molecule has 2 aromatic carbocycles. The first-order valence-electron chi connectivity index (χ1n) is 13.3. The van der Waals surface area contributed by atoms with Gasteiger partial charge in [0.15, 0.2) is 23.1 Å². The highest BCUT2D eigenvalue weighted by molar-refractivity contribution is 5.75. The lowest BCUT2D eigenvalue weighted by molar-refractivity contribution is -0.140. The van der Waals surface area contributed by atoms with E-state index in [0.717, 1.165) is 31.7 Å². The van der Waals surface area contributed by atoms with Gasteiger partial charge in [0.25, 0.3) is 0 Å². The summed E-state index contributed by atoms with van der Waals surface area (Å²) in [7, 11) is 0. The molecule has 0 radical (unpaired) electrons. The lowest BCUT2D eigenvalue weighted by Crippen LogP contribution is -2.26. The fraction of sp³-hybridized carbons (Fsp3) is 0.552. The maximum absolute atomic E-state index is 15.1. The molecule has 8 heteroatoms. The zero-order valence-corrected chi connectivity index (χ0v) is 21.3. The molecule has 37 heavy (non-hydrogen) atoms. The minimum absolute atomic E-state index is 0.0152. The lowest BCUT2D eigenvalue weighted by atomic mass is 9.77. The summed E-state index contributed by atoms with van der Waals surface area (Å²) >= 11 is 0. The van der Waals surface area contributed by atoms with Crippen LogP contribution in [0.25, 0.3) is 0 Å². The quantitative estimate of drug-likeness (QED) is 0.204. The van der Waals surface area contributed by atoms with Crippen LogP contribution in [0, 0.1) is 29.2 Å². The van der Waals surface area contributed by atoms with E-state index in [1.165, 1.54) is 6.07 Å². The molecular weight excluding hydrogens is 488 g/mol. The summed E-state index contributed by atoms with van der Waals surface area (Å²) in [4.78, 5) is 12.6. The van der Waals surface area contributed by atoms with E-state index in [0.29, 0.717) is 43.4 Å². The van der Waals surface area contributed by atoms with E-state index in [2.05, 4.69) is 0 Å². The number of halogens is 4. The fourth-order valence-corrected chi connectivity index (χ4v) is 5.68. The maximum atomic E-state index is 15.1. The Balaban J connectivity index is 1.35. The Morgan fingerprint density at radius 1 is 0.703 bits per heavy atom. The largest absolute Gasteiger partial charge is 0.491 e. The van der Waals surface area contributed by atoms with Crippen molar-refractivity contribution in [1.82, 2.24) is 0 Å². The van der Waals surface area contributed by atoms with Gasteiger partial charge < -0.3 is 14.2 Å². The molecule has 0 unspecified atom stereocenters. The first-order valence-corrected chi connectivity index (χ1v) is 13.3. The molecule has 2 saturated carbocycles. The fourth-order valence-electron chi connectivity index (χ4n) is 5.68. The molecule has 2 aliphatic rings. The van der Waals surface area contributed by atoms with Gasteiger partial charge in [-0.1, -0.05) is 12.1 Å². The van der Waals surface area contributed by atoms with Gasteiger partial charge in [0.1, 0.15) is 0 Å². The van der Waals surface area contributed by atoms with Crippen LogP contribution in [-0.4, -0.2) is 25.3 Å². The molecule has 0 aliphatic heterocycles. The highest BCUT2D eigenvalue weighted by atomic mass is 19.2. The summed E-state index contributed by atoms with van der Waals surface area (Å²) in [6, 6.07) is 5.77. The molecular formula is C29H34F4O4. The van der Waals surface area contributed by atoms with Crippen LogP contribution < -0.4 is 9.47 Å². The Bertz CT molecular complexity index is 1090. The van der Waals surface area contributed by atoms with Crippen molar-refractivity contribution < 1.29 is 36.6 Å². The summed E-state index contributed by atoms with van der Waals surface area (Å²) in [5.41, 5.74) is 0.758. The van der Waals surface area contributed by atoms with Crippen molar-refractivity contribution >= 4 is 5.97 Å². The molecule has 0 spiro atoms. The Morgan fingerprint density at radius 3 is 1.76 bits per heavy atom. The van der Waals surface area contributed by atoms with Gasteiger partial charge in [0.05, 0.1) is 18.6 Å². The molecule has 0 atom stereocenters. The van der Waals surface area contributed by atoms with Crippen LogP contribution in [0.15, 0.2) is 24.3 Å². The van der Waals surface area contributed by atoms with E-state index in [-0.39, 0.29) is 30.3 Å². The molecule has 4 rings (SSSR count). The smallest absolute Gasteiger partial charge is 0.314 e. The second-order valence-corrected chi connectivity index (χ2v) is 9.89. The third-order valence-corrected chi connectivity index (χ3v) is 7.68. The molecule has 4 nitrogen and oxygen atoms in total. The van der Waals surface area contributed by atoms with Gasteiger partial charge in [-0.3, -0.25) is 4.79 Å². The van der Waals surface area contributed by atoms with Crippen LogP contribution in [0.4, 0.5) is 17.6 Å². The summed E-state index contributed by atoms with van der Waals surface area (Å²) in [6.45, 7) is 4.43. The Hall–Kier alpha value is -2.61. The minimum atomic E-state index is -1.28. The average Bonchev–Trinajstić information content (AvgIpc) is 2.91. The molecule has 2 fully saturated rings. The van der Waals surface area contributed by atoms with Crippen molar-refractivity contribution in [3.8, 4) is 11.5 Å². The number of carbonyl (C=O) groups is 1. The SMILES string of the molecule is CCOc1ccc(OC(=O)C2CCC(c3ccc(C4CCC(OCC)CC4)c(F)c3F)CC2)c(F)c1F. The summed E-state index contributed by atoms with van der Waals surface area (Å²) in [5, 5.41) is 0. The van der Waals surface area contributed by atoms with E-state index >= 15 is 8.78 Å². The zero-order valence-electron chi connectivity index (χ0n) is 21.3. The predicted molar refractivity (Wildman–Crippen MR) is 131 cm³/mol. The van der Waals surface area contributed by atoms with Gasteiger partial charge in [-0.25, -0.2) is 8.78 Å². The van der Waals surface area contributed by atoms with Crippen LogP contribution in [0.2, 0.25) is 0 Å². The van der Waals surface area contributed by atoms with E-state index in [1.807, 2.05) is 6.92 Å². The molecule has 0 heterocycles. The van der Waals surface area contributed by atoms with Gasteiger partial charge in [-0.2, -0.15) is 8.78 Å². The third kappa shape index (κ3) is 6.11. The molecule has 0 aromatic heterocycles. The van der Waals surface area contributed by atoms with Crippen molar-refractivity contribution in [2.24, 2.45) is 5.92 Å². The van der Waals surface area contributed by atoms with Crippen LogP contribution >= 0.6 is 0 Å². The number of benzene rings is 2. The first kappa shape index (κ1) is 27.4. The van der Waals surface area contributed by atoms with Crippen molar-refractivity contribution in [2.45, 2.75) is 83.2 Å². The molecule has 0 bridgehead atoms. The number of rotatable bonds is 8. The van der Waals surface area contributed by atoms with Gasteiger partial charge in [0, 0.05) is 6.61 Å². The van der Waals surface area contributed by atoms with Crippen LogP contribution in [0.5, 0.6) is 11.5 Å². The molecule has 0 saturated heterocycles. The van der Waals surface area contributed by atoms with Crippen molar-refractivity contribution in [2.75, 3.05) is 13.2 Å². The molecule has 202 valence electrons. The van der Waals surface area contributed by atoms with Crippen molar-refractivity contribution in [3.63, 3.8) is 0 Å². The van der Waals surface area contributed by atoms with E-state index in [9.17, 15) is 13.6 Å². The van der Waals surface area contributed by atoms with Gasteiger partial charge >= 0.3 is 5.97 Å². The van der Waals surface area contributed by atoms with Crippen molar-refractivity contribution in [1.29, 1.82) is 0 Å². The number of hydrogen-bond donors (Lipinski definition) is 0. The summed E-state index contributed by atoms with van der Waals surface area (Å²) in [5.74, 6) is -6.24. The van der Waals surface area contributed by atoms with Gasteiger partial charge in [-0.15, -0.1) is 0 Å². The number of hydrogen-bond acceptors (Lipinski definition) is 4. The molecule has 0 amide bonds. The highest BCUT2D eigenvalue weighted by Gasteiger charge is 2.33. The number of carbonyl (C=O) groups excluding carboxylic acids is 1. The Kier molecular flexibility index (Phi) is 9.11. The average molecular weight is 523 g/mol. The third-order valence-electron chi connectivity index (χ3n) is 7.68. The Labute approximate surface area is 215 Å². The maximum Gasteiger partial charge on any atom is 0.314 e. The predicted octanol–water partition coefficient (Wildman–Crippen LogP) is 7.58. The summed E-state index contributed by atoms with van der Waals surface area (Å²) in [6.07, 6.45) is 5.12. The van der Waals surface area contributed by atoms with E-state index in [4.69, 9.17) is 14.2 Å². The first-order chi connectivity index (χ1) is 17.8. The second-order valence-electron chi connectivity index (χ2n) is 9.89. The van der Waals surface area contributed by atoms with Crippen LogP contribution in [-0.2, 0) is 9.53 Å². The van der Waals surface area contributed by atoms with E-state index in [1.54, 1.807) is 19.1 Å². The molecule has 2 aromatic rings. The molecule has 2 aliphatic carbocycles. The van der Waals surface area contributed by atoms with Gasteiger partial charge in [0.2, 0.25) is 11.6 Å². The minimum Gasteiger partial charge on any atom is -0.491 e. The standard InChI is InChI=1S/C29H34F4O4/c1-3-35-20-11-9-18(10-12-20)22-14-13-21(25(30)26(22)31)17-5-7-19(8-6-17)29(34)37-24-16-15-23(36-4-2)27(32)28(24)33/h13-20H,3-12H2,1-2H3. The highest BCUT2D eigenvalue weighted by Crippen LogP contribution is 2.41. The molecule has 0 N–H and O–H groups in total. The van der Waals surface area contributed by atoms with Crippen LogP contribution in [0.3, 0.4) is 0 Å². The Morgan fingerprint density at radius 2 is 1.22 bits per heavy atom. The monoisotopic (exact) mass is 522 g/mol. The van der Waals surface area contributed by atoms with Crippen LogP contribution in [0.1, 0.15) is 88.2 Å². The van der Waals surface area contributed by atoms with Gasteiger partial charge in [-0.05, 0) is 100 Å². The van der Waals surface area contributed by atoms with Crippen molar-refractivity contribution in [3.05, 3.63) is 58.7 Å². The zero-order chi connectivity index (χ0) is 26.5. The number of esters is 1. The summed E-state index contributed by atoms with van der Waals surface area (Å²) < 4.78 is 74.4. The second kappa shape index (κ2) is 12.3. The lowest BCUT2D eigenvalue weighted by Gasteiger charge is -2.30. The number of ether oxygens (including phenoxy) is 3. The topological polar surface area (TPSA) is 44.8 Å².